The first-order chi connectivity index (χ1) is 13.9. The molecule has 0 unspecified atom stereocenters. The van der Waals surface area contributed by atoms with Gasteiger partial charge in [0.15, 0.2) is 17.0 Å². The summed E-state index contributed by atoms with van der Waals surface area (Å²) < 4.78 is 2.04. The number of aromatic nitrogens is 4. The van der Waals surface area contributed by atoms with Gasteiger partial charge in [-0.05, 0) is 38.7 Å². The number of aliphatic hydroxyl groups is 1. The number of hydrogen-bond acceptors (Lipinski definition) is 6. The number of benzene rings is 1. The smallest absolute Gasteiger partial charge is 0.227 e. The van der Waals surface area contributed by atoms with Crippen molar-refractivity contribution in [2.45, 2.75) is 59.7 Å². The maximum atomic E-state index is 9.74. The van der Waals surface area contributed by atoms with Crippen molar-refractivity contribution in [1.29, 1.82) is 0 Å². The van der Waals surface area contributed by atoms with Crippen molar-refractivity contribution in [1.82, 2.24) is 19.5 Å². The average molecular weight is 397 g/mol. The molecule has 29 heavy (non-hydrogen) atoms. The Morgan fingerprint density at radius 1 is 1.07 bits per heavy atom. The van der Waals surface area contributed by atoms with Gasteiger partial charge in [0.2, 0.25) is 5.95 Å². The molecule has 2 aromatic heterocycles. The molecule has 0 spiro atoms. The van der Waals surface area contributed by atoms with Crippen LogP contribution in [0.1, 0.15) is 51.3 Å². The fraction of sp³-hybridized carbons (Fsp3) is 0.500. The lowest BCUT2D eigenvalue weighted by Crippen LogP contribution is -2.27. The SMILES string of the molecule is Cc1ccc(CNc2nc(N[C@@H](CO)CC(C)C)nc3c2ncn3C(C)C)cc1. The lowest BCUT2D eigenvalue weighted by Gasteiger charge is -2.19. The van der Waals surface area contributed by atoms with E-state index in [1.54, 1.807) is 0 Å². The largest absolute Gasteiger partial charge is 0.394 e. The van der Waals surface area contributed by atoms with E-state index in [9.17, 15) is 5.11 Å². The minimum Gasteiger partial charge on any atom is -0.394 e. The van der Waals surface area contributed by atoms with Crippen LogP contribution < -0.4 is 10.6 Å². The van der Waals surface area contributed by atoms with Crippen molar-refractivity contribution < 1.29 is 5.11 Å². The van der Waals surface area contributed by atoms with E-state index in [0.29, 0.717) is 24.2 Å². The quantitative estimate of drug-likeness (QED) is 0.504. The van der Waals surface area contributed by atoms with Crippen molar-refractivity contribution in [2.75, 3.05) is 17.2 Å². The van der Waals surface area contributed by atoms with Crippen LogP contribution in [0.25, 0.3) is 11.2 Å². The van der Waals surface area contributed by atoms with Gasteiger partial charge in [-0.25, -0.2) is 4.98 Å². The summed E-state index contributed by atoms with van der Waals surface area (Å²) in [6.45, 7) is 11.2. The van der Waals surface area contributed by atoms with Crippen LogP contribution in [-0.2, 0) is 6.54 Å². The van der Waals surface area contributed by atoms with Gasteiger partial charge in [0, 0.05) is 12.6 Å². The van der Waals surface area contributed by atoms with Gasteiger partial charge >= 0.3 is 0 Å². The first-order valence-corrected chi connectivity index (χ1v) is 10.3. The lowest BCUT2D eigenvalue weighted by molar-refractivity contribution is 0.259. The highest BCUT2D eigenvalue weighted by Gasteiger charge is 2.17. The Labute approximate surface area is 172 Å². The third-order valence-electron chi connectivity index (χ3n) is 4.87. The Bertz CT molecular complexity index is 932. The van der Waals surface area contributed by atoms with Gasteiger partial charge in [-0.3, -0.25) is 0 Å². The summed E-state index contributed by atoms with van der Waals surface area (Å²) in [4.78, 5) is 13.9. The molecule has 3 aromatic rings. The highest BCUT2D eigenvalue weighted by molar-refractivity contribution is 5.84. The van der Waals surface area contributed by atoms with Crippen LogP contribution in [-0.4, -0.2) is 37.3 Å². The Morgan fingerprint density at radius 3 is 2.41 bits per heavy atom. The van der Waals surface area contributed by atoms with Gasteiger partial charge in [0.25, 0.3) is 0 Å². The molecule has 1 aromatic carbocycles. The number of hydrogen-bond donors (Lipinski definition) is 3. The Morgan fingerprint density at radius 2 is 1.79 bits per heavy atom. The number of imidazole rings is 1. The van der Waals surface area contributed by atoms with Gasteiger partial charge in [-0.2, -0.15) is 9.97 Å². The summed E-state index contributed by atoms with van der Waals surface area (Å²) in [5.74, 6) is 1.66. The molecule has 3 rings (SSSR count). The zero-order valence-electron chi connectivity index (χ0n) is 18.0. The maximum absolute atomic E-state index is 9.74. The Hall–Kier alpha value is -2.67. The third-order valence-corrected chi connectivity index (χ3v) is 4.87. The predicted octanol–water partition coefficient (Wildman–Crippen LogP) is 4.15. The topological polar surface area (TPSA) is 87.9 Å². The Balaban J connectivity index is 1.92. The zero-order chi connectivity index (χ0) is 21.0. The minimum atomic E-state index is -0.0900. The highest BCUT2D eigenvalue weighted by Crippen LogP contribution is 2.24. The summed E-state index contributed by atoms with van der Waals surface area (Å²) in [5.41, 5.74) is 3.94. The molecular weight excluding hydrogens is 364 g/mol. The molecule has 7 nitrogen and oxygen atoms in total. The highest BCUT2D eigenvalue weighted by atomic mass is 16.3. The van der Waals surface area contributed by atoms with Crippen molar-refractivity contribution in [2.24, 2.45) is 5.92 Å². The Kier molecular flexibility index (Phi) is 6.69. The van der Waals surface area contributed by atoms with Crippen LogP contribution in [0.15, 0.2) is 30.6 Å². The molecule has 0 amide bonds. The summed E-state index contributed by atoms with van der Waals surface area (Å²) in [6.07, 6.45) is 2.65. The van der Waals surface area contributed by atoms with Crippen molar-refractivity contribution >= 4 is 22.9 Å². The molecule has 3 N–H and O–H groups in total. The monoisotopic (exact) mass is 396 g/mol. The van der Waals surface area contributed by atoms with Crippen LogP contribution >= 0.6 is 0 Å². The van der Waals surface area contributed by atoms with E-state index in [0.717, 1.165) is 17.6 Å². The first-order valence-electron chi connectivity index (χ1n) is 10.3. The molecule has 2 heterocycles. The number of rotatable bonds is 9. The van der Waals surface area contributed by atoms with Gasteiger partial charge in [0.1, 0.15) is 0 Å². The normalized spacial score (nSPS) is 12.7. The second-order valence-electron chi connectivity index (χ2n) is 8.31. The van der Waals surface area contributed by atoms with E-state index < -0.39 is 0 Å². The second kappa shape index (κ2) is 9.22. The molecule has 0 saturated heterocycles. The van der Waals surface area contributed by atoms with E-state index in [-0.39, 0.29) is 18.7 Å². The standard InChI is InChI=1S/C22H32N6O/c1-14(2)10-18(12-29)25-22-26-20(23-11-17-8-6-16(5)7-9-17)19-21(27-22)28(13-24-19)15(3)4/h6-9,13-15,18,29H,10-12H2,1-5H3,(H2,23,25,26,27)/t18-/m1/s1. The van der Waals surface area contributed by atoms with E-state index in [2.05, 4.69) is 79.5 Å². The third kappa shape index (κ3) is 5.23. The molecule has 0 aliphatic heterocycles. The van der Waals surface area contributed by atoms with Gasteiger partial charge in [0.05, 0.1) is 19.0 Å². The fourth-order valence-corrected chi connectivity index (χ4v) is 3.30. The van der Waals surface area contributed by atoms with Gasteiger partial charge < -0.3 is 20.3 Å². The molecule has 1 atom stereocenters. The summed E-state index contributed by atoms with van der Waals surface area (Å²) in [7, 11) is 0. The van der Waals surface area contributed by atoms with E-state index in [1.807, 2.05) is 10.9 Å². The molecule has 0 bridgehead atoms. The van der Waals surface area contributed by atoms with E-state index in [1.165, 1.54) is 11.1 Å². The number of anilines is 2. The van der Waals surface area contributed by atoms with Crippen LogP contribution in [0.4, 0.5) is 11.8 Å². The van der Waals surface area contributed by atoms with Crippen molar-refractivity contribution in [3.8, 4) is 0 Å². The fourth-order valence-electron chi connectivity index (χ4n) is 3.30. The molecule has 0 radical (unpaired) electrons. The van der Waals surface area contributed by atoms with Gasteiger partial charge in [-0.1, -0.05) is 43.7 Å². The van der Waals surface area contributed by atoms with E-state index in [4.69, 9.17) is 4.98 Å². The molecule has 7 heteroatoms. The molecule has 0 aliphatic carbocycles. The number of aryl methyl sites for hydroxylation is 1. The second-order valence-corrected chi connectivity index (χ2v) is 8.31. The van der Waals surface area contributed by atoms with Crippen LogP contribution in [0.2, 0.25) is 0 Å². The molecule has 156 valence electrons. The van der Waals surface area contributed by atoms with Crippen molar-refractivity contribution in [3.63, 3.8) is 0 Å². The minimum absolute atomic E-state index is 0.0369. The number of nitrogens with one attached hydrogen (secondary N) is 2. The van der Waals surface area contributed by atoms with Gasteiger partial charge in [-0.15, -0.1) is 0 Å². The summed E-state index contributed by atoms with van der Waals surface area (Å²) >= 11 is 0. The summed E-state index contributed by atoms with van der Waals surface area (Å²) in [5, 5.41) is 16.5. The number of aliphatic hydroxyl groups excluding tert-OH is 1. The zero-order valence-corrected chi connectivity index (χ0v) is 18.0. The maximum Gasteiger partial charge on any atom is 0.227 e. The lowest BCUT2D eigenvalue weighted by atomic mass is 10.0. The molecule has 0 fully saturated rings. The van der Waals surface area contributed by atoms with Crippen molar-refractivity contribution in [3.05, 3.63) is 41.7 Å². The predicted molar refractivity (Wildman–Crippen MR) is 118 cm³/mol. The van der Waals surface area contributed by atoms with Crippen LogP contribution in [0.5, 0.6) is 0 Å². The average Bonchev–Trinajstić information content (AvgIpc) is 3.10. The van der Waals surface area contributed by atoms with Crippen LogP contribution in [0.3, 0.4) is 0 Å². The first kappa shape index (κ1) is 21.0. The molecule has 0 saturated carbocycles. The molecular formula is C22H32N6O. The summed E-state index contributed by atoms with van der Waals surface area (Å²) in [6, 6.07) is 8.56. The van der Waals surface area contributed by atoms with Crippen LogP contribution in [0, 0.1) is 12.8 Å². The number of fused-ring (bicyclic) bond motifs is 1. The number of nitrogens with zero attached hydrogens (tertiary/aromatic N) is 4. The van der Waals surface area contributed by atoms with E-state index >= 15 is 0 Å². The molecule has 0 aliphatic rings.